The van der Waals surface area contributed by atoms with Crippen molar-refractivity contribution >= 4 is 16.9 Å². The quantitative estimate of drug-likeness (QED) is 0.474. The van der Waals surface area contributed by atoms with Gasteiger partial charge in [0.25, 0.3) is 0 Å². The summed E-state index contributed by atoms with van der Waals surface area (Å²) in [5.74, 6) is 0.0760. The maximum atomic E-state index is 11.6. The number of rotatable bonds is 5. The van der Waals surface area contributed by atoms with Crippen LogP contribution in [0.25, 0.3) is 11.0 Å². The van der Waals surface area contributed by atoms with E-state index < -0.39 is 5.63 Å². The van der Waals surface area contributed by atoms with Gasteiger partial charge in [0.2, 0.25) is 0 Å². The van der Waals surface area contributed by atoms with Gasteiger partial charge in [-0.15, -0.1) is 0 Å². The monoisotopic (exact) mass is 287 g/mol. The third-order valence-electron chi connectivity index (χ3n) is 2.70. The van der Waals surface area contributed by atoms with Gasteiger partial charge in [0, 0.05) is 18.7 Å². The summed E-state index contributed by atoms with van der Waals surface area (Å²) in [6.45, 7) is 1.92. The van der Waals surface area contributed by atoms with Crippen molar-refractivity contribution in [3.8, 4) is 11.8 Å². The SMILES string of the molecule is CC(=O)OCCCOc1cccc2cc(C#N)c(=O)oc12. The zero-order valence-corrected chi connectivity index (χ0v) is 11.4. The number of para-hydroxylation sites is 1. The van der Waals surface area contributed by atoms with Crippen LogP contribution >= 0.6 is 0 Å². The van der Waals surface area contributed by atoms with Crippen LogP contribution in [0, 0.1) is 11.3 Å². The first-order valence-electron chi connectivity index (χ1n) is 6.35. The lowest BCUT2D eigenvalue weighted by atomic mass is 10.2. The smallest absolute Gasteiger partial charge is 0.354 e. The standard InChI is InChI=1S/C15H13NO5/c1-10(17)19-6-3-7-20-13-5-2-4-11-8-12(9-16)15(18)21-14(11)13/h2,4-5,8H,3,6-7H2,1H3. The van der Waals surface area contributed by atoms with Gasteiger partial charge in [-0.2, -0.15) is 5.26 Å². The van der Waals surface area contributed by atoms with E-state index in [2.05, 4.69) is 0 Å². The maximum absolute atomic E-state index is 11.6. The van der Waals surface area contributed by atoms with E-state index in [0.29, 0.717) is 29.7 Å². The molecule has 0 fully saturated rings. The molecule has 2 rings (SSSR count). The first kappa shape index (κ1) is 14.6. The van der Waals surface area contributed by atoms with Crippen molar-refractivity contribution in [1.29, 1.82) is 5.26 Å². The van der Waals surface area contributed by atoms with Crippen molar-refractivity contribution in [3.05, 3.63) is 40.2 Å². The molecule has 6 nitrogen and oxygen atoms in total. The Labute approximate surface area is 120 Å². The molecule has 0 saturated carbocycles. The van der Waals surface area contributed by atoms with Gasteiger partial charge < -0.3 is 13.9 Å². The molecule has 21 heavy (non-hydrogen) atoms. The van der Waals surface area contributed by atoms with E-state index in [0.717, 1.165) is 0 Å². The lowest BCUT2D eigenvalue weighted by Crippen LogP contribution is -2.07. The zero-order chi connectivity index (χ0) is 15.2. The molecule has 0 radical (unpaired) electrons. The zero-order valence-electron chi connectivity index (χ0n) is 11.4. The van der Waals surface area contributed by atoms with E-state index in [9.17, 15) is 9.59 Å². The van der Waals surface area contributed by atoms with Crippen LogP contribution in [0.1, 0.15) is 18.9 Å². The van der Waals surface area contributed by atoms with E-state index in [1.807, 2.05) is 0 Å². The van der Waals surface area contributed by atoms with E-state index in [-0.39, 0.29) is 18.1 Å². The third kappa shape index (κ3) is 3.60. The molecule has 0 aliphatic carbocycles. The normalized spacial score (nSPS) is 10.1. The van der Waals surface area contributed by atoms with Gasteiger partial charge in [-0.3, -0.25) is 4.79 Å². The van der Waals surface area contributed by atoms with Gasteiger partial charge in [-0.25, -0.2) is 4.79 Å². The second-order valence-corrected chi connectivity index (χ2v) is 4.28. The van der Waals surface area contributed by atoms with E-state index in [1.165, 1.54) is 13.0 Å². The van der Waals surface area contributed by atoms with Gasteiger partial charge in [-0.1, -0.05) is 12.1 Å². The van der Waals surface area contributed by atoms with Crippen molar-refractivity contribution in [2.75, 3.05) is 13.2 Å². The number of benzene rings is 1. The number of nitrogens with zero attached hydrogens (tertiary/aromatic N) is 1. The molecule has 2 aromatic rings. The Morgan fingerprint density at radius 3 is 2.90 bits per heavy atom. The molecule has 108 valence electrons. The molecule has 0 saturated heterocycles. The highest BCUT2D eigenvalue weighted by atomic mass is 16.5. The van der Waals surface area contributed by atoms with Crippen LogP contribution in [0.2, 0.25) is 0 Å². The largest absolute Gasteiger partial charge is 0.490 e. The summed E-state index contributed by atoms with van der Waals surface area (Å²) < 4.78 is 15.4. The van der Waals surface area contributed by atoms with Crippen LogP contribution in [0.15, 0.2) is 33.5 Å². The van der Waals surface area contributed by atoms with Crippen molar-refractivity contribution < 1.29 is 18.7 Å². The van der Waals surface area contributed by atoms with Crippen molar-refractivity contribution in [2.45, 2.75) is 13.3 Å². The number of nitriles is 1. The van der Waals surface area contributed by atoms with Gasteiger partial charge in [0.1, 0.15) is 11.6 Å². The molecule has 0 aliphatic heterocycles. The Kier molecular flexibility index (Phi) is 4.57. The average Bonchev–Trinajstić information content (AvgIpc) is 2.46. The topological polar surface area (TPSA) is 89.5 Å². The highest BCUT2D eigenvalue weighted by Crippen LogP contribution is 2.24. The molecule has 0 atom stereocenters. The van der Waals surface area contributed by atoms with Crippen LogP contribution < -0.4 is 10.4 Å². The number of ether oxygens (including phenoxy) is 2. The number of hydrogen-bond acceptors (Lipinski definition) is 6. The number of hydrogen-bond donors (Lipinski definition) is 0. The highest BCUT2D eigenvalue weighted by Gasteiger charge is 2.09. The molecule has 0 N–H and O–H groups in total. The number of carbonyl (C=O) groups is 1. The lowest BCUT2D eigenvalue weighted by Gasteiger charge is -2.08. The predicted octanol–water partition coefficient (Wildman–Crippen LogP) is 2.00. The van der Waals surface area contributed by atoms with Crippen molar-refractivity contribution in [1.82, 2.24) is 0 Å². The summed E-state index contributed by atoms with van der Waals surface area (Å²) >= 11 is 0. The summed E-state index contributed by atoms with van der Waals surface area (Å²) in [5, 5.41) is 9.42. The van der Waals surface area contributed by atoms with E-state index in [4.69, 9.17) is 19.2 Å². The van der Waals surface area contributed by atoms with Crippen LogP contribution in [0.3, 0.4) is 0 Å². The summed E-state index contributed by atoms with van der Waals surface area (Å²) in [4.78, 5) is 22.2. The lowest BCUT2D eigenvalue weighted by molar-refractivity contribution is -0.141. The molecule has 6 heteroatoms. The fourth-order valence-electron chi connectivity index (χ4n) is 1.77. The van der Waals surface area contributed by atoms with Gasteiger partial charge in [0.15, 0.2) is 11.3 Å². The Hall–Kier alpha value is -2.81. The third-order valence-corrected chi connectivity index (χ3v) is 2.70. The molecule has 1 aromatic carbocycles. The van der Waals surface area contributed by atoms with Crippen LogP contribution in [0.4, 0.5) is 0 Å². The van der Waals surface area contributed by atoms with Gasteiger partial charge in [0.05, 0.1) is 13.2 Å². The number of fused-ring (bicyclic) bond motifs is 1. The fraction of sp³-hybridized carbons (Fsp3) is 0.267. The fourth-order valence-corrected chi connectivity index (χ4v) is 1.77. The Balaban J connectivity index is 2.14. The van der Waals surface area contributed by atoms with Crippen LogP contribution in [-0.4, -0.2) is 19.2 Å². The van der Waals surface area contributed by atoms with Crippen LogP contribution in [0.5, 0.6) is 5.75 Å². The second kappa shape index (κ2) is 6.57. The van der Waals surface area contributed by atoms with Crippen molar-refractivity contribution in [2.24, 2.45) is 0 Å². The summed E-state index contributed by atoms with van der Waals surface area (Å²) in [6, 6.07) is 8.38. The van der Waals surface area contributed by atoms with Gasteiger partial charge in [-0.05, 0) is 12.1 Å². The predicted molar refractivity (Wildman–Crippen MR) is 73.9 cm³/mol. The van der Waals surface area contributed by atoms with E-state index >= 15 is 0 Å². The molecule has 0 spiro atoms. The summed E-state index contributed by atoms with van der Waals surface area (Å²) in [6.07, 6.45) is 0.524. The number of esters is 1. The maximum Gasteiger partial charge on any atom is 0.354 e. The summed E-state index contributed by atoms with van der Waals surface area (Å²) in [5.41, 5.74) is -0.440. The first-order valence-corrected chi connectivity index (χ1v) is 6.35. The Morgan fingerprint density at radius 1 is 1.38 bits per heavy atom. The highest BCUT2D eigenvalue weighted by molar-refractivity contribution is 5.83. The van der Waals surface area contributed by atoms with E-state index in [1.54, 1.807) is 24.3 Å². The minimum absolute atomic E-state index is 0.0468. The molecule has 1 heterocycles. The van der Waals surface area contributed by atoms with Gasteiger partial charge >= 0.3 is 11.6 Å². The number of carbonyl (C=O) groups excluding carboxylic acids is 1. The van der Waals surface area contributed by atoms with Crippen LogP contribution in [-0.2, 0) is 9.53 Å². The molecular weight excluding hydrogens is 274 g/mol. The molecule has 1 aromatic heterocycles. The Bertz CT molecular complexity index is 757. The first-order chi connectivity index (χ1) is 10.1. The van der Waals surface area contributed by atoms with Crippen molar-refractivity contribution in [3.63, 3.8) is 0 Å². The average molecular weight is 287 g/mol. The molecule has 0 bridgehead atoms. The summed E-state index contributed by atoms with van der Waals surface area (Å²) in [7, 11) is 0. The second-order valence-electron chi connectivity index (χ2n) is 4.28. The minimum Gasteiger partial charge on any atom is -0.490 e. The minimum atomic E-state index is -0.694. The molecular formula is C15H13NO5. The molecule has 0 amide bonds. The Morgan fingerprint density at radius 2 is 2.19 bits per heavy atom. The molecule has 0 unspecified atom stereocenters. The molecule has 0 aliphatic rings.